The molecule has 0 bridgehead atoms. The summed E-state index contributed by atoms with van der Waals surface area (Å²) in [4.78, 5) is 0. The maximum atomic E-state index is 5.69. The molecular weight excluding hydrogens is 306 g/mol. The average Bonchev–Trinajstić information content (AvgIpc) is 2.40. The summed E-state index contributed by atoms with van der Waals surface area (Å²) in [5, 5.41) is 3.39. The second kappa shape index (κ2) is 9.34. The van der Waals surface area contributed by atoms with Crippen LogP contribution in [0.15, 0.2) is 22.7 Å². The van der Waals surface area contributed by atoms with Gasteiger partial charge in [-0.1, -0.05) is 19.9 Å². The van der Waals surface area contributed by atoms with Gasteiger partial charge in [-0.3, -0.25) is 0 Å². The lowest BCUT2D eigenvalue weighted by Gasteiger charge is -2.15. The van der Waals surface area contributed by atoms with E-state index >= 15 is 0 Å². The third kappa shape index (κ3) is 5.93. The second-order valence-electron chi connectivity index (χ2n) is 4.43. The van der Waals surface area contributed by atoms with E-state index in [0.717, 1.165) is 29.8 Å². The number of nitrogens with one attached hydrogen (secondary N) is 1. The summed E-state index contributed by atoms with van der Waals surface area (Å²) in [6, 6.07) is 6.56. The molecule has 1 N–H and O–H groups in total. The van der Waals surface area contributed by atoms with Crippen molar-refractivity contribution in [2.45, 2.75) is 33.2 Å². The lowest BCUT2D eigenvalue weighted by atomic mass is 10.1. The molecule has 19 heavy (non-hydrogen) atoms. The molecule has 1 unspecified atom stereocenters. The summed E-state index contributed by atoms with van der Waals surface area (Å²) in [7, 11) is 0. The van der Waals surface area contributed by atoms with Crippen molar-refractivity contribution in [3.05, 3.63) is 28.2 Å². The van der Waals surface area contributed by atoms with Crippen molar-refractivity contribution >= 4 is 15.9 Å². The van der Waals surface area contributed by atoms with Gasteiger partial charge >= 0.3 is 0 Å². The Hall–Kier alpha value is -0.580. The van der Waals surface area contributed by atoms with Crippen LogP contribution in [0.25, 0.3) is 0 Å². The van der Waals surface area contributed by atoms with E-state index in [1.165, 1.54) is 5.56 Å². The second-order valence-corrected chi connectivity index (χ2v) is 5.28. The van der Waals surface area contributed by atoms with Crippen molar-refractivity contribution in [1.29, 1.82) is 0 Å². The van der Waals surface area contributed by atoms with E-state index in [1.54, 1.807) is 0 Å². The van der Waals surface area contributed by atoms with Gasteiger partial charge in [0.1, 0.15) is 12.4 Å². The van der Waals surface area contributed by atoms with Crippen LogP contribution in [-0.4, -0.2) is 26.4 Å². The van der Waals surface area contributed by atoms with Gasteiger partial charge in [0.2, 0.25) is 0 Å². The van der Waals surface area contributed by atoms with Gasteiger partial charge in [0.05, 0.1) is 11.1 Å². The highest BCUT2D eigenvalue weighted by Crippen LogP contribution is 2.28. The fourth-order valence-corrected chi connectivity index (χ4v) is 2.30. The van der Waals surface area contributed by atoms with E-state index < -0.39 is 0 Å². The van der Waals surface area contributed by atoms with Gasteiger partial charge in [-0.15, -0.1) is 0 Å². The third-order valence-corrected chi connectivity index (χ3v) is 3.42. The SMILES string of the molecule is CCCOCCOc1ccc(C(C)NCC)cc1Br. The highest BCUT2D eigenvalue weighted by Gasteiger charge is 2.07. The molecular formula is C15H24BrNO2. The zero-order valence-electron chi connectivity index (χ0n) is 12.0. The van der Waals surface area contributed by atoms with Crippen LogP contribution in [0.1, 0.15) is 38.8 Å². The van der Waals surface area contributed by atoms with Crippen LogP contribution in [-0.2, 0) is 4.74 Å². The number of halogens is 1. The Balaban J connectivity index is 2.47. The number of rotatable bonds is 9. The molecule has 0 aliphatic heterocycles. The molecule has 1 atom stereocenters. The monoisotopic (exact) mass is 329 g/mol. The van der Waals surface area contributed by atoms with Crippen molar-refractivity contribution < 1.29 is 9.47 Å². The molecule has 0 saturated carbocycles. The Morgan fingerprint density at radius 1 is 1.21 bits per heavy atom. The van der Waals surface area contributed by atoms with Gasteiger partial charge in [0.15, 0.2) is 0 Å². The molecule has 1 rings (SSSR count). The predicted octanol–water partition coefficient (Wildman–Crippen LogP) is 3.93. The highest BCUT2D eigenvalue weighted by atomic mass is 79.9. The summed E-state index contributed by atoms with van der Waals surface area (Å²) >= 11 is 3.56. The fourth-order valence-electron chi connectivity index (χ4n) is 1.78. The summed E-state index contributed by atoms with van der Waals surface area (Å²) in [6.07, 6.45) is 1.04. The fraction of sp³-hybridized carbons (Fsp3) is 0.600. The standard InChI is InChI=1S/C15H24BrNO2/c1-4-8-18-9-10-19-15-7-6-13(11-14(15)16)12(3)17-5-2/h6-7,11-12,17H,4-5,8-10H2,1-3H3. The third-order valence-electron chi connectivity index (χ3n) is 2.80. The molecule has 1 aromatic carbocycles. The van der Waals surface area contributed by atoms with Crippen LogP contribution >= 0.6 is 15.9 Å². The van der Waals surface area contributed by atoms with E-state index in [0.29, 0.717) is 19.3 Å². The number of hydrogen-bond donors (Lipinski definition) is 1. The van der Waals surface area contributed by atoms with E-state index in [2.05, 4.69) is 54.2 Å². The first-order chi connectivity index (χ1) is 9.19. The van der Waals surface area contributed by atoms with Gasteiger partial charge in [0.25, 0.3) is 0 Å². The van der Waals surface area contributed by atoms with Crippen LogP contribution in [0.5, 0.6) is 5.75 Å². The van der Waals surface area contributed by atoms with Crippen LogP contribution < -0.4 is 10.1 Å². The van der Waals surface area contributed by atoms with Crippen LogP contribution in [0.2, 0.25) is 0 Å². The van der Waals surface area contributed by atoms with Crippen LogP contribution in [0.3, 0.4) is 0 Å². The molecule has 0 heterocycles. The van der Waals surface area contributed by atoms with Crippen LogP contribution in [0.4, 0.5) is 0 Å². The van der Waals surface area contributed by atoms with Crippen molar-refractivity contribution in [3.63, 3.8) is 0 Å². The first-order valence-corrected chi connectivity index (χ1v) is 7.71. The van der Waals surface area contributed by atoms with Gasteiger partial charge in [-0.2, -0.15) is 0 Å². The Kier molecular flexibility index (Phi) is 8.10. The molecule has 0 aromatic heterocycles. The minimum Gasteiger partial charge on any atom is -0.490 e. The van der Waals surface area contributed by atoms with E-state index in [1.807, 2.05) is 6.07 Å². The zero-order valence-corrected chi connectivity index (χ0v) is 13.6. The number of ether oxygens (including phenoxy) is 2. The van der Waals surface area contributed by atoms with Crippen molar-refractivity contribution in [2.24, 2.45) is 0 Å². The Morgan fingerprint density at radius 3 is 2.63 bits per heavy atom. The minimum atomic E-state index is 0.350. The van der Waals surface area contributed by atoms with Gasteiger partial charge in [-0.25, -0.2) is 0 Å². The highest BCUT2D eigenvalue weighted by molar-refractivity contribution is 9.10. The maximum absolute atomic E-state index is 5.69. The molecule has 0 saturated heterocycles. The molecule has 0 spiro atoms. The topological polar surface area (TPSA) is 30.5 Å². The van der Waals surface area contributed by atoms with Crippen molar-refractivity contribution in [1.82, 2.24) is 5.32 Å². The van der Waals surface area contributed by atoms with Crippen molar-refractivity contribution in [2.75, 3.05) is 26.4 Å². The number of hydrogen-bond acceptors (Lipinski definition) is 3. The molecule has 108 valence electrons. The molecule has 0 amide bonds. The molecule has 1 aromatic rings. The smallest absolute Gasteiger partial charge is 0.133 e. The first kappa shape index (κ1) is 16.5. The first-order valence-electron chi connectivity index (χ1n) is 6.92. The van der Waals surface area contributed by atoms with Gasteiger partial charge in [-0.05, 0) is 53.5 Å². The van der Waals surface area contributed by atoms with Crippen LogP contribution in [0, 0.1) is 0 Å². The maximum Gasteiger partial charge on any atom is 0.133 e. The van der Waals surface area contributed by atoms with E-state index in [9.17, 15) is 0 Å². The lowest BCUT2D eigenvalue weighted by Crippen LogP contribution is -2.17. The quantitative estimate of drug-likeness (QED) is 0.696. The number of benzene rings is 1. The summed E-state index contributed by atoms with van der Waals surface area (Å²) in [5.74, 6) is 0.868. The molecule has 0 aliphatic rings. The van der Waals surface area contributed by atoms with E-state index in [4.69, 9.17) is 9.47 Å². The largest absolute Gasteiger partial charge is 0.490 e. The minimum absolute atomic E-state index is 0.350. The van der Waals surface area contributed by atoms with Gasteiger partial charge in [0, 0.05) is 12.6 Å². The van der Waals surface area contributed by atoms with E-state index in [-0.39, 0.29) is 0 Å². The Bertz CT molecular complexity index is 371. The molecule has 0 radical (unpaired) electrons. The van der Waals surface area contributed by atoms with Crippen molar-refractivity contribution in [3.8, 4) is 5.75 Å². The molecule has 0 fully saturated rings. The summed E-state index contributed by atoms with van der Waals surface area (Å²) < 4.78 is 12.1. The zero-order chi connectivity index (χ0) is 14.1. The lowest BCUT2D eigenvalue weighted by molar-refractivity contribution is 0.100. The molecule has 3 nitrogen and oxygen atoms in total. The summed E-state index contributed by atoms with van der Waals surface area (Å²) in [6.45, 7) is 9.34. The van der Waals surface area contributed by atoms with Gasteiger partial charge < -0.3 is 14.8 Å². The molecule has 4 heteroatoms. The normalized spacial score (nSPS) is 12.4. The molecule has 0 aliphatic carbocycles. The Morgan fingerprint density at radius 2 is 2.00 bits per heavy atom. The Labute approximate surface area is 124 Å². The predicted molar refractivity (Wildman–Crippen MR) is 82.8 cm³/mol. The average molecular weight is 330 g/mol. The summed E-state index contributed by atoms with van der Waals surface area (Å²) in [5.41, 5.74) is 1.25.